The van der Waals surface area contributed by atoms with Crippen molar-refractivity contribution in [2.24, 2.45) is 4.99 Å². The maximum atomic E-state index is 14.0. The molecule has 1 aliphatic rings. The van der Waals surface area contributed by atoms with Crippen molar-refractivity contribution in [2.45, 2.75) is 45.6 Å². The van der Waals surface area contributed by atoms with Gasteiger partial charge < -0.3 is 15.4 Å². The van der Waals surface area contributed by atoms with Gasteiger partial charge in [-0.25, -0.2) is 18.9 Å². The van der Waals surface area contributed by atoms with Crippen LogP contribution in [0.3, 0.4) is 0 Å². The minimum Gasteiger partial charge on any atom is -0.406 e. The molecule has 4 amide bonds. The summed E-state index contributed by atoms with van der Waals surface area (Å²) in [5.41, 5.74) is 2.89. The Morgan fingerprint density at radius 3 is 2.40 bits per heavy atom. The lowest BCUT2D eigenvalue weighted by Crippen LogP contribution is -2.48. The summed E-state index contributed by atoms with van der Waals surface area (Å²) in [6.07, 6.45) is -4.03. The largest absolute Gasteiger partial charge is 0.573 e. The Labute approximate surface area is 276 Å². The first-order valence-electron chi connectivity index (χ1n) is 14.5. The van der Waals surface area contributed by atoms with Crippen LogP contribution in [0.1, 0.15) is 37.8 Å². The Kier molecular flexibility index (Phi) is 10.1. The first-order valence-corrected chi connectivity index (χ1v) is 15.5. The number of ether oxygens (including phenoxy) is 1. The number of halogens is 4. The highest BCUT2D eigenvalue weighted by atomic mass is 32.2. The van der Waals surface area contributed by atoms with Gasteiger partial charge in [-0.15, -0.1) is 18.3 Å². The smallest absolute Gasteiger partial charge is 0.406 e. The summed E-state index contributed by atoms with van der Waals surface area (Å²) in [7, 11) is 0. The molecular formula is C32H29F4N7O4S. The highest BCUT2D eigenvalue weighted by Crippen LogP contribution is 2.34. The van der Waals surface area contributed by atoms with Crippen LogP contribution in [-0.4, -0.2) is 56.1 Å². The Balaban J connectivity index is 1.27. The summed E-state index contributed by atoms with van der Waals surface area (Å²) in [6.45, 7) is 5.04. The number of amidine groups is 1. The molecular weight excluding hydrogens is 654 g/mol. The Morgan fingerprint density at radius 1 is 1.04 bits per heavy atom. The van der Waals surface area contributed by atoms with Crippen molar-refractivity contribution in [3.63, 3.8) is 0 Å². The average molecular weight is 684 g/mol. The zero-order valence-electron chi connectivity index (χ0n) is 25.8. The molecule has 11 nitrogen and oxygen atoms in total. The molecule has 2 N–H and O–H groups in total. The summed E-state index contributed by atoms with van der Waals surface area (Å²) in [5, 5.41) is 9.88. The predicted molar refractivity (Wildman–Crippen MR) is 171 cm³/mol. The van der Waals surface area contributed by atoms with E-state index in [-0.39, 0.29) is 34.9 Å². The minimum absolute atomic E-state index is 0.0544. The number of nitrogens with zero attached hydrogens (tertiary/aromatic N) is 5. The molecule has 1 fully saturated rings. The number of alkyl halides is 3. The van der Waals surface area contributed by atoms with Crippen molar-refractivity contribution < 1.29 is 36.7 Å². The quantitative estimate of drug-likeness (QED) is 0.165. The van der Waals surface area contributed by atoms with Gasteiger partial charge in [0.05, 0.1) is 17.1 Å². The van der Waals surface area contributed by atoms with Crippen LogP contribution in [0.5, 0.6) is 5.75 Å². The van der Waals surface area contributed by atoms with E-state index in [9.17, 15) is 31.9 Å². The molecule has 1 aliphatic heterocycles. The number of aromatic nitrogens is 3. The number of rotatable bonds is 9. The van der Waals surface area contributed by atoms with Gasteiger partial charge in [-0.2, -0.15) is 4.99 Å². The van der Waals surface area contributed by atoms with Gasteiger partial charge in [0.1, 0.15) is 24.1 Å². The Morgan fingerprint density at radius 2 is 1.75 bits per heavy atom. The lowest BCUT2D eigenvalue weighted by Gasteiger charge is -2.22. The van der Waals surface area contributed by atoms with Crippen molar-refractivity contribution in [3.8, 4) is 22.8 Å². The number of carbonyl (C=O) groups is 3. The van der Waals surface area contributed by atoms with Crippen molar-refractivity contribution >= 4 is 40.5 Å². The summed E-state index contributed by atoms with van der Waals surface area (Å²) in [5.74, 6) is -1.18. The van der Waals surface area contributed by atoms with E-state index in [4.69, 9.17) is 0 Å². The van der Waals surface area contributed by atoms with Gasteiger partial charge in [-0.1, -0.05) is 49.9 Å². The second-order valence-electron chi connectivity index (χ2n) is 10.9. The normalized spacial score (nSPS) is 14.8. The van der Waals surface area contributed by atoms with E-state index in [1.165, 1.54) is 65.3 Å². The van der Waals surface area contributed by atoms with Crippen LogP contribution in [-0.2, 0) is 16.0 Å². The number of thioether (sulfide) groups is 1. The predicted octanol–water partition coefficient (Wildman–Crippen LogP) is 5.95. The van der Waals surface area contributed by atoms with Crippen LogP contribution in [0.2, 0.25) is 0 Å². The molecule has 16 heteroatoms. The molecule has 0 spiro atoms. The van der Waals surface area contributed by atoms with Crippen molar-refractivity contribution in [1.82, 2.24) is 25.4 Å². The number of aliphatic imine (C=N–C) groups is 1. The topological polar surface area (TPSA) is 131 Å². The summed E-state index contributed by atoms with van der Waals surface area (Å²) in [6, 6.07) is 15.5. The van der Waals surface area contributed by atoms with Crippen LogP contribution >= 0.6 is 11.8 Å². The summed E-state index contributed by atoms with van der Waals surface area (Å²) in [4.78, 5) is 47.5. The lowest BCUT2D eigenvalue weighted by atomic mass is 10.0. The van der Waals surface area contributed by atoms with Gasteiger partial charge in [-0.3, -0.25) is 14.5 Å². The molecule has 1 saturated heterocycles. The molecule has 250 valence electrons. The third-order valence-electron chi connectivity index (χ3n) is 6.97. The number of carbonyl (C=O) groups excluding carboxylic acids is 3. The van der Waals surface area contributed by atoms with Gasteiger partial charge in [0.15, 0.2) is 11.0 Å². The van der Waals surface area contributed by atoms with E-state index in [0.717, 1.165) is 17.3 Å². The highest BCUT2D eigenvalue weighted by molar-refractivity contribution is 8.15. The molecule has 1 aromatic heterocycles. The van der Waals surface area contributed by atoms with Crippen LogP contribution in [0.25, 0.3) is 17.1 Å². The lowest BCUT2D eigenvalue weighted by molar-refractivity contribution is -0.274. The molecule has 0 aliphatic carbocycles. The molecule has 0 bridgehead atoms. The maximum Gasteiger partial charge on any atom is 0.573 e. The van der Waals surface area contributed by atoms with E-state index in [1.54, 1.807) is 24.3 Å². The van der Waals surface area contributed by atoms with E-state index in [0.29, 0.717) is 28.3 Å². The monoisotopic (exact) mass is 683 g/mol. The van der Waals surface area contributed by atoms with Crippen LogP contribution in [0.4, 0.5) is 28.0 Å². The fourth-order valence-corrected chi connectivity index (χ4v) is 5.73. The minimum atomic E-state index is -4.79. The number of benzene rings is 3. The summed E-state index contributed by atoms with van der Waals surface area (Å²) < 4.78 is 56.6. The number of anilines is 1. The van der Waals surface area contributed by atoms with Crippen molar-refractivity contribution in [3.05, 3.63) is 90.0 Å². The Bertz CT molecular complexity index is 1840. The van der Waals surface area contributed by atoms with Crippen molar-refractivity contribution in [2.75, 3.05) is 10.7 Å². The van der Waals surface area contributed by atoms with Gasteiger partial charge in [-0.05, 0) is 59.5 Å². The SMILES string of the molecule is CC(=O)NC(Cc1ccc(-c2ncn(-c3ccc(OC(F)(F)F)cc3)n2)cc1)NC(=O)N=C1SCC(=O)N1c1ccc(F)cc1C(C)C. The zero-order chi connectivity index (χ0) is 34.6. The molecule has 2 heterocycles. The second kappa shape index (κ2) is 14.3. The van der Waals surface area contributed by atoms with Crippen molar-refractivity contribution in [1.29, 1.82) is 0 Å². The third-order valence-corrected chi connectivity index (χ3v) is 7.89. The Hall–Kier alpha value is -5.25. The number of hydrogen-bond acceptors (Lipinski definition) is 7. The number of amides is 4. The number of urea groups is 1. The number of hydrogen-bond donors (Lipinski definition) is 2. The van der Waals surface area contributed by atoms with E-state index < -0.39 is 30.3 Å². The van der Waals surface area contributed by atoms with Crippen LogP contribution in [0, 0.1) is 5.82 Å². The fraction of sp³-hybridized carbons (Fsp3) is 0.250. The second-order valence-corrected chi connectivity index (χ2v) is 11.9. The fourth-order valence-electron chi connectivity index (χ4n) is 4.87. The average Bonchev–Trinajstić information content (AvgIpc) is 3.64. The summed E-state index contributed by atoms with van der Waals surface area (Å²) >= 11 is 1.08. The molecule has 3 aromatic carbocycles. The third kappa shape index (κ3) is 8.56. The molecule has 4 aromatic rings. The first-order chi connectivity index (χ1) is 22.8. The van der Waals surface area contributed by atoms with Gasteiger partial charge in [0.2, 0.25) is 11.8 Å². The van der Waals surface area contributed by atoms with E-state index in [2.05, 4.69) is 30.4 Å². The van der Waals surface area contributed by atoms with E-state index in [1.807, 2.05) is 13.8 Å². The molecule has 5 rings (SSSR count). The molecule has 0 radical (unpaired) electrons. The van der Waals surface area contributed by atoms with Gasteiger partial charge in [0, 0.05) is 18.9 Å². The van der Waals surface area contributed by atoms with Gasteiger partial charge >= 0.3 is 12.4 Å². The molecule has 1 atom stereocenters. The maximum absolute atomic E-state index is 14.0. The standard InChI is InChI=1S/C32H29F4N7O4S/c1-18(2)25-15-22(33)8-13-26(25)43-28(45)16-48-31(43)40-30(46)39-27(38-19(3)44)14-20-4-6-21(7-5-20)29-37-17-42(41-29)23-9-11-24(12-10-23)47-32(34,35)36/h4-13,15,17-18,27H,14,16H2,1-3H3,(H,38,44)(H,39,46). The van der Waals surface area contributed by atoms with Crippen LogP contribution < -0.4 is 20.3 Å². The zero-order valence-corrected chi connectivity index (χ0v) is 26.6. The highest BCUT2D eigenvalue weighted by Gasteiger charge is 2.33. The molecule has 0 saturated carbocycles. The molecule has 1 unspecified atom stereocenters. The molecule has 48 heavy (non-hydrogen) atoms. The first kappa shape index (κ1) is 34.1. The van der Waals surface area contributed by atoms with Gasteiger partial charge in [0.25, 0.3) is 0 Å². The number of nitrogens with one attached hydrogen (secondary N) is 2. The van der Waals surface area contributed by atoms with Crippen LogP contribution in [0.15, 0.2) is 78.0 Å². The van der Waals surface area contributed by atoms with E-state index >= 15 is 0 Å².